The topological polar surface area (TPSA) is 29.3 Å². The van der Waals surface area contributed by atoms with Crippen LogP contribution in [0.3, 0.4) is 0 Å². The lowest BCUT2D eigenvalue weighted by atomic mass is 9.93. The number of rotatable bonds is 7. The second-order valence-corrected chi connectivity index (χ2v) is 7.11. The Balaban J connectivity index is 2.80. The zero-order valence-corrected chi connectivity index (χ0v) is 14.4. The lowest BCUT2D eigenvalue weighted by Gasteiger charge is -2.32. The van der Waals surface area contributed by atoms with Gasteiger partial charge in [-0.25, -0.2) is 0 Å². The van der Waals surface area contributed by atoms with Gasteiger partial charge in [0.2, 0.25) is 0 Å². The van der Waals surface area contributed by atoms with Crippen molar-refractivity contribution in [2.75, 3.05) is 19.6 Å². The number of nitrogens with zero attached hydrogens (tertiary/aromatic N) is 1. The Morgan fingerprint density at radius 3 is 2.63 bits per heavy atom. The van der Waals surface area contributed by atoms with Crippen molar-refractivity contribution in [1.82, 2.24) is 4.90 Å². The summed E-state index contributed by atoms with van der Waals surface area (Å²) in [6, 6.07) is 5.95. The van der Waals surface area contributed by atoms with Crippen molar-refractivity contribution in [1.29, 1.82) is 0 Å². The van der Waals surface area contributed by atoms with Gasteiger partial charge in [-0.1, -0.05) is 48.3 Å². The summed E-state index contributed by atoms with van der Waals surface area (Å²) in [6.07, 6.45) is 1.14. The maximum atomic E-state index is 6.08. The molecule has 0 saturated heterocycles. The molecule has 0 bridgehead atoms. The largest absolute Gasteiger partial charge is 0.330 e. The number of halogens is 2. The van der Waals surface area contributed by atoms with Crippen LogP contribution >= 0.6 is 27.5 Å². The van der Waals surface area contributed by atoms with Gasteiger partial charge in [0.1, 0.15) is 0 Å². The average Bonchev–Trinajstić information content (AvgIpc) is 2.34. The van der Waals surface area contributed by atoms with Gasteiger partial charge in [-0.2, -0.15) is 0 Å². The van der Waals surface area contributed by atoms with Gasteiger partial charge in [0.15, 0.2) is 0 Å². The molecule has 0 fully saturated rings. The molecule has 0 aliphatic heterocycles. The molecule has 108 valence electrons. The third-order valence-corrected chi connectivity index (χ3v) is 4.15. The second kappa shape index (κ2) is 7.63. The molecule has 2 nitrogen and oxygen atoms in total. The Bertz CT molecular complexity index is 407. The summed E-state index contributed by atoms with van der Waals surface area (Å²) >= 11 is 9.68. The molecular formula is C15H24BrClN2. The summed E-state index contributed by atoms with van der Waals surface area (Å²) < 4.78 is 1.11. The molecule has 2 N–H and O–H groups in total. The SMILES string of the molecule is CCCN(Cc1cc(Cl)ccc1Br)CC(C)(C)CN. The molecule has 0 aliphatic carbocycles. The summed E-state index contributed by atoms with van der Waals surface area (Å²) in [5.41, 5.74) is 7.21. The zero-order chi connectivity index (χ0) is 14.5. The van der Waals surface area contributed by atoms with Gasteiger partial charge in [-0.15, -0.1) is 0 Å². The van der Waals surface area contributed by atoms with Crippen LogP contribution in [0.4, 0.5) is 0 Å². The van der Waals surface area contributed by atoms with Crippen LogP contribution < -0.4 is 5.73 Å². The van der Waals surface area contributed by atoms with Crippen molar-refractivity contribution in [2.24, 2.45) is 11.1 Å². The lowest BCUT2D eigenvalue weighted by Crippen LogP contribution is -2.38. The maximum Gasteiger partial charge on any atom is 0.0410 e. The van der Waals surface area contributed by atoms with Crippen molar-refractivity contribution in [2.45, 2.75) is 33.7 Å². The summed E-state index contributed by atoms with van der Waals surface area (Å²) in [5, 5.41) is 0.785. The first-order chi connectivity index (χ1) is 8.88. The van der Waals surface area contributed by atoms with E-state index >= 15 is 0 Å². The fourth-order valence-electron chi connectivity index (χ4n) is 2.11. The third-order valence-electron chi connectivity index (χ3n) is 3.15. The first kappa shape index (κ1) is 17.0. The molecular weight excluding hydrogens is 324 g/mol. The molecule has 0 aromatic heterocycles. The van der Waals surface area contributed by atoms with E-state index < -0.39 is 0 Å². The molecule has 0 saturated carbocycles. The van der Waals surface area contributed by atoms with E-state index in [0.29, 0.717) is 6.54 Å². The Kier molecular flexibility index (Phi) is 6.81. The number of hydrogen-bond donors (Lipinski definition) is 1. The first-order valence-corrected chi connectivity index (χ1v) is 7.91. The van der Waals surface area contributed by atoms with Gasteiger partial charge in [0, 0.05) is 22.6 Å². The van der Waals surface area contributed by atoms with Crippen molar-refractivity contribution >= 4 is 27.5 Å². The summed E-state index contributed by atoms with van der Waals surface area (Å²) in [7, 11) is 0. The maximum absolute atomic E-state index is 6.08. The quantitative estimate of drug-likeness (QED) is 0.797. The molecule has 1 aromatic rings. The fourth-order valence-corrected chi connectivity index (χ4v) is 2.67. The highest BCUT2D eigenvalue weighted by Crippen LogP contribution is 2.24. The molecule has 0 radical (unpaired) electrons. The van der Waals surface area contributed by atoms with Crippen molar-refractivity contribution in [3.05, 3.63) is 33.3 Å². The molecule has 0 spiro atoms. The molecule has 0 atom stereocenters. The number of hydrogen-bond acceptors (Lipinski definition) is 2. The molecule has 0 unspecified atom stereocenters. The standard InChI is InChI=1S/C15H24BrClN2/c1-4-7-19(11-15(2,3)10-18)9-12-8-13(17)5-6-14(12)16/h5-6,8H,4,7,9-11,18H2,1-3H3. The lowest BCUT2D eigenvalue weighted by molar-refractivity contribution is 0.175. The highest BCUT2D eigenvalue weighted by Gasteiger charge is 2.20. The summed E-state index contributed by atoms with van der Waals surface area (Å²) in [6.45, 7) is 10.3. The molecule has 4 heteroatoms. The fraction of sp³-hybridized carbons (Fsp3) is 0.600. The number of nitrogens with two attached hydrogens (primary N) is 1. The molecule has 19 heavy (non-hydrogen) atoms. The molecule has 0 aliphatic rings. The molecule has 1 rings (SSSR count). The third kappa shape index (κ3) is 5.82. The highest BCUT2D eigenvalue weighted by molar-refractivity contribution is 9.10. The zero-order valence-electron chi connectivity index (χ0n) is 12.0. The monoisotopic (exact) mass is 346 g/mol. The second-order valence-electron chi connectivity index (χ2n) is 5.81. The van der Waals surface area contributed by atoms with Crippen LogP contribution in [0.25, 0.3) is 0 Å². The minimum Gasteiger partial charge on any atom is -0.330 e. The Hall–Kier alpha value is -0.0900. The van der Waals surface area contributed by atoms with Crippen LogP contribution in [-0.2, 0) is 6.54 Å². The highest BCUT2D eigenvalue weighted by atomic mass is 79.9. The van der Waals surface area contributed by atoms with Crippen LogP contribution in [0.15, 0.2) is 22.7 Å². The van der Waals surface area contributed by atoms with Crippen LogP contribution in [-0.4, -0.2) is 24.5 Å². The predicted octanol–water partition coefficient (Wildman–Crippen LogP) is 4.30. The molecule has 0 amide bonds. The van der Waals surface area contributed by atoms with Gasteiger partial charge in [-0.05, 0) is 48.7 Å². The van der Waals surface area contributed by atoms with Crippen molar-refractivity contribution in [3.63, 3.8) is 0 Å². The van der Waals surface area contributed by atoms with Crippen LogP contribution in [0.1, 0.15) is 32.8 Å². The normalized spacial score (nSPS) is 12.2. The summed E-state index contributed by atoms with van der Waals surface area (Å²) in [5.74, 6) is 0. The van der Waals surface area contributed by atoms with Crippen LogP contribution in [0.2, 0.25) is 5.02 Å². The van der Waals surface area contributed by atoms with E-state index in [1.165, 1.54) is 5.56 Å². The van der Waals surface area contributed by atoms with E-state index in [9.17, 15) is 0 Å². The van der Waals surface area contributed by atoms with Gasteiger partial charge in [0.05, 0.1) is 0 Å². The summed E-state index contributed by atoms with van der Waals surface area (Å²) in [4.78, 5) is 2.45. The minimum atomic E-state index is 0.139. The number of benzene rings is 1. The predicted molar refractivity (Wildman–Crippen MR) is 87.6 cm³/mol. The van der Waals surface area contributed by atoms with Gasteiger partial charge in [0.25, 0.3) is 0 Å². The Labute approximate surface area is 130 Å². The smallest absolute Gasteiger partial charge is 0.0410 e. The van der Waals surface area contributed by atoms with Crippen molar-refractivity contribution in [3.8, 4) is 0 Å². The van der Waals surface area contributed by atoms with Crippen molar-refractivity contribution < 1.29 is 0 Å². The molecule has 1 aromatic carbocycles. The van der Waals surface area contributed by atoms with Gasteiger partial charge >= 0.3 is 0 Å². The van der Waals surface area contributed by atoms with Gasteiger partial charge < -0.3 is 5.73 Å². The van der Waals surface area contributed by atoms with E-state index in [0.717, 1.165) is 35.6 Å². The van der Waals surface area contributed by atoms with Crippen LogP contribution in [0.5, 0.6) is 0 Å². The van der Waals surface area contributed by atoms with E-state index in [1.54, 1.807) is 0 Å². The molecule has 0 heterocycles. The van der Waals surface area contributed by atoms with Gasteiger partial charge in [-0.3, -0.25) is 4.90 Å². The van der Waals surface area contributed by atoms with E-state index in [-0.39, 0.29) is 5.41 Å². The van der Waals surface area contributed by atoms with E-state index in [1.807, 2.05) is 18.2 Å². The average molecular weight is 348 g/mol. The Morgan fingerprint density at radius 1 is 1.37 bits per heavy atom. The Morgan fingerprint density at radius 2 is 2.05 bits per heavy atom. The first-order valence-electron chi connectivity index (χ1n) is 6.74. The van der Waals surface area contributed by atoms with E-state index in [2.05, 4.69) is 41.6 Å². The van der Waals surface area contributed by atoms with E-state index in [4.69, 9.17) is 17.3 Å². The van der Waals surface area contributed by atoms with Crippen LogP contribution in [0, 0.1) is 5.41 Å². The minimum absolute atomic E-state index is 0.139.